The number of Topliss-reactive ketones (excluding diaryl/α,β-unsaturated/α-hetero) is 1. The molecule has 1 aliphatic carbocycles. The molecule has 2 aliphatic heterocycles. The molecule has 3 aliphatic rings. The Labute approximate surface area is 162 Å². The van der Waals surface area contributed by atoms with Crippen molar-refractivity contribution in [3.8, 4) is 5.75 Å². The molecule has 3 bridgehead atoms. The first-order valence-corrected chi connectivity index (χ1v) is 10.4. The van der Waals surface area contributed by atoms with Crippen LogP contribution in [0.1, 0.15) is 24.0 Å². The second kappa shape index (κ2) is 5.17. The van der Waals surface area contributed by atoms with E-state index in [9.17, 15) is 4.79 Å². The van der Waals surface area contributed by atoms with E-state index in [1.165, 1.54) is 11.1 Å². The van der Waals surface area contributed by atoms with Gasteiger partial charge in [0.05, 0.1) is 4.83 Å². The number of ketones is 1. The molecule has 1 aromatic carbocycles. The van der Waals surface area contributed by atoms with Crippen LogP contribution in [0.2, 0.25) is 0 Å². The fourth-order valence-corrected chi connectivity index (χ4v) is 6.72. The molecule has 0 radical (unpaired) electrons. The molecule has 6 heteroatoms. The summed E-state index contributed by atoms with van der Waals surface area (Å²) in [5.41, 5.74) is 1.53. The van der Waals surface area contributed by atoms with Gasteiger partial charge in [-0.05, 0) is 48.6 Å². The summed E-state index contributed by atoms with van der Waals surface area (Å²) in [6, 6.07) is 4.22. The van der Waals surface area contributed by atoms with Crippen LogP contribution in [-0.2, 0) is 17.6 Å². The number of carbonyl (C=O) groups is 1. The van der Waals surface area contributed by atoms with E-state index in [0.717, 1.165) is 34.0 Å². The van der Waals surface area contributed by atoms with Gasteiger partial charge in [0.2, 0.25) is 0 Å². The molecule has 1 aromatic rings. The predicted molar refractivity (Wildman–Crippen MR) is 101 cm³/mol. The summed E-state index contributed by atoms with van der Waals surface area (Å²) < 4.78 is 7.81. The van der Waals surface area contributed by atoms with Crippen molar-refractivity contribution in [1.29, 1.82) is 0 Å². The zero-order valence-electron chi connectivity index (χ0n) is 11.5. The Balaban J connectivity index is 1.98. The monoisotopic (exact) mass is 552 g/mol. The van der Waals surface area contributed by atoms with E-state index in [4.69, 9.17) is 4.74 Å². The fourth-order valence-electron chi connectivity index (χ4n) is 3.66. The van der Waals surface area contributed by atoms with Crippen molar-refractivity contribution < 1.29 is 9.53 Å². The number of aryl methyl sites for hydroxylation is 2. The van der Waals surface area contributed by atoms with Crippen LogP contribution in [-0.4, -0.2) is 20.5 Å². The van der Waals surface area contributed by atoms with E-state index in [1.807, 2.05) is 6.08 Å². The fraction of sp³-hybridized carbons (Fsp3) is 0.438. The summed E-state index contributed by atoms with van der Waals surface area (Å²) in [7, 11) is 0. The molecule has 0 amide bonds. The van der Waals surface area contributed by atoms with Crippen molar-refractivity contribution in [2.24, 2.45) is 0 Å². The molecule has 0 aromatic heterocycles. The van der Waals surface area contributed by atoms with Crippen LogP contribution in [0.25, 0.3) is 0 Å². The lowest BCUT2D eigenvalue weighted by molar-refractivity contribution is -0.137. The summed E-state index contributed by atoms with van der Waals surface area (Å²) >= 11 is 14.6. The number of hydrogen-bond acceptors (Lipinski definition) is 2. The number of fused-ring (bicyclic) bond motifs is 1. The largest absolute Gasteiger partial charge is 0.477 e. The number of alkyl halides is 2. The molecule has 2 nitrogen and oxygen atoms in total. The van der Waals surface area contributed by atoms with Gasteiger partial charge in [-0.1, -0.05) is 63.7 Å². The number of halogens is 4. The number of benzene rings is 1. The van der Waals surface area contributed by atoms with E-state index < -0.39 is 9.93 Å². The number of carbonyl (C=O) groups excluding carboxylic acids is 1. The standard InChI is InChI=1S/C16H12Br4O2/c17-10-5-8-1-3-15(20)7-11(18)13(19)16(14(15)21)4-2-9(6-10)12(8)22-16/h5-7,13H,1-4H2. The van der Waals surface area contributed by atoms with Crippen molar-refractivity contribution in [3.05, 3.63) is 38.3 Å². The highest BCUT2D eigenvalue weighted by atomic mass is 79.9. The second-order valence-electron chi connectivity index (χ2n) is 6.13. The Morgan fingerprint density at radius 1 is 1.14 bits per heavy atom. The SMILES string of the molecule is O=C1C2(Br)C=C(Br)C(Br)C13CCc1cc(Br)cc(c1O3)CC2. The molecule has 4 rings (SSSR count). The maximum Gasteiger partial charge on any atom is 0.198 e. The van der Waals surface area contributed by atoms with Crippen molar-refractivity contribution in [1.82, 2.24) is 0 Å². The average molecular weight is 556 g/mol. The van der Waals surface area contributed by atoms with Gasteiger partial charge in [-0.2, -0.15) is 0 Å². The topological polar surface area (TPSA) is 26.3 Å². The second-order valence-corrected chi connectivity index (χ2v) is 10.3. The third-order valence-corrected chi connectivity index (χ3v) is 8.77. The Bertz CT molecular complexity index is 729. The van der Waals surface area contributed by atoms with Gasteiger partial charge < -0.3 is 4.74 Å². The van der Waals surface area contributed by atoms with Gasteiger partial charge in [0.1, 0.15) is 10.1 Å². The van der Waals surface area contributed by atoms with Gasteiger partial charge in [-0.15, -0.1) is 0 Å². The first kappa shape index (κ1) is 15.9. The minimum atomic E-state index is -0.840. The molecule has 0 N–H and O–H groups in total. The van der Waals surface area contributed by atoms with Gasteiger partial charge in [-0.3, -0.25) is 4.79 Å². The Kier molecular flexibility index (Phi) is 3.73. The number of rotatable bonds is 0. The quantitative estimate of drug-likeness (QED) is 0.411. The third-order valence-electron chi connectivity index (χ3n) is 4.80. The van der Waals surface area contributed by atoms with Crippen molar-refractivity contribution >= 4 is 69.5 Å². The molecule has 3 unspecified atom stereocenters. The first-order valence-electron chi connectivity index (χ1n) is 7.12. The van der Waals surface area contributed by atoms with Gasteiger partial charge in [0, 0.05) is 15.4 Å². The van der Waals surface area contributed by atoms with Gasteiger partial charge in [-0.25, -0.2) is 0 Å². The van der Waals surface area contributed by atoms with Crippen LogP contribution in [0.3, 0.4) is 0 Å². The average Bonchev–Trinajstić information content (AvgIpc) is 2.48. The number of allylic oxidation sites excluding steroid dienone is 1. The molecule has 2 heterocycles. The van der Waals surface area contributed by atoms with Crippen LogP contribution in [0.15, 0.2) is 27.2 Å². The Morgan fingerprint density at radius 2 is 1.77 bits per heavy atom. The lowest BCUT2D eigenvalue weighted by Crippen LogP contribution is -2.63. The van der Waals surface area contributed by atoms with Gasteiger partial charge in [0.15, 0.2) is 11.4 Å². The molecular formula is C16H12Br4O2. The van der Waals surface area contributed by atoms with Crippen LogP contribution >= 0.6 is 63.7 Å². The zero-order valence-corrected chi connectivity index (χ0v) is 17.8. The molecule has 0 saturated carbocycles. The normalized spacial score (nSPS) is 36.1. The van der Waals surface area contributed by atoms with E-state index >= 15 is 0 Å². The van der Waals surface area contributed by atoms with Crippen LogP contribution < -0.4 is 4.74 Å². The van der Waals surface area contributed by atoms with E-state index in [0.29, 0.717) is 6.42 Å². The maximum atomic E-state index is 13.2. The lowest BCUT2D eigenvalue weighted by Gasteiger charge is -2.49. The summed E-state index contributed by atoms with van der Waals surface area (Å²) in [6.45, 7) is 0. The minimum Gasteiger partial charge on any atom is -0.477 e. The molecule has 0 fully saturated rings. The van der Waals surface area contributed by atoms with Crippen molar-refractivity contribution in [2.45, 2.75) is 40.4 Å². The predicted octanol–water partition coefficient (Wildman–Crippen LogP) is 5.22. The summed E-state index contributed by atoms with van der Waals surface area (Å²) in [6.07, 6.45) is 5.05. The zero-order chi connectivity index (χ0) is 15.7. The molecule has 3 atom stereocenters. The van der Waals surface area contributed by atoms with E-state index in [-0.39, 0.29) is 10.6 Å². The summed E-state index contributed by atoms with van der Waals surface area (Å²) in [4.78, 5) is 13.1. The van der Waals surface area contributed by atoms with Gasteiger partial charge in [0.25, 0.3) is 0 Å². The van der Waals surface area contributed by atoms with E-state index in [1.54, 1.807) is 0 Å². The number of ether oxygens (including phenoxy) is 1. The highest BCUT2D eigenvalue weighted by Gasteiger charge is 2.60. The molecule has 0 saturated heterocycles. The van der Waals surface area contributed by atoms with Gasteiger partial charge >= 0.3 is 0 Å². The number of hydrogen-bond donors (Lipinski definition) is 0. The molecule has 116 valence electrons. The van der Waals surface area contributed by atoms with Crippen molar-refractivity contribution in [2.75, 3.05) is 0 Å². The highest BCUT2D eigenvalue weighted by Crippen LogP contribution is 2.53. The van der Waals surface area contributed by atoms with Crippen molar-refractivity contribution in [3.63, 3.8) is 0 Å². The first-order chi connectivity index (χ1) is 10.4. The Morgan fingerprint density at radius 3 is 2.45 bits per heavy atom. The van der Waals surface area contributed by atoms with Crippen LogP contribution in [0, 0.1) is 0 Å². The lowest BCUT2D eigenvalue weighted by atomic mass is 9.72. The maximum absolute atomic E-state index is 13.2. The summed E-state index contributed by atoms with van der Waals surface area (Å²) in [5, 5.41) is 0. The highest BCUT2D eigenvalue weighted by molar-refractivity contribution is 9.14. The smallest absolute Gasteiger partial charge is 0.198 e. The molecular weight excluding hydrogens is 544 g/mol. The molecule has 22 heavy (non-hydrogen) atoms. The molecule has 1 spiro atoms. The van der Waals surface area contributed by atoms with E-state index in [2.05, 4.69) is 75.9 Å². The summed E-state index contributed by atoms with van der Waals surface area (Å²) in [5.74, 6) is 1.04. The van der Waals surface area contributed by atoms with Crippen LogP contribution in [0.5, 0.6) is 5.75 Å². The Hall–Kier alpha value is 0.350. The minimum absolute atomic E-state index is 0.129. The van der Waals surface area contributed by atoms with Crippen LogP contribution in [0.4, 0.5) is 0 Å². The third kappa shape index (κ3) is 2.09.